The molecule has 0 radical (unpaired) electrons. The highest BCUT2D eigenvalue weighted by Gasteiger charge is 2.37. The molecule has 8 heteroatoms. The zero-order chi connectivity index (χ0) is 18.0. The molecule has 0 spiro atoms. The van der Waals surface area contributed by atoms with E-state index < -0.39 is 5.97 Å². The molecule has 25 heavy (non-hydrogen) atoms. The van der Waals surface area contributed by atoms with Crippen LogP contribution in [0.1, 0.15) is 45.6 Å². The first-order chi connectivity index (χ1) is 11.9. The Kier molecular flexibility index (Phi) is 5.27. The number of amides is 2. The van der Waals surface area contributed by atoms with E-state index in [0.717, 1.165) is 19.4 Å². The van der Waals surface area contributed by atoms with Crippen LogP contribution in [0.5, 0.6) is 0 Å². The quantitative estimate of drug-likeness (QED) is 0.666. The Morgan fingerprint density at radius 2 is 2.12 bits per heavy atom. The van der Waals surface area contributed by atoms with Crippen LogP contribution < -0.4 is 10.6 Å². The lowest BCUT2D eigenvalue weighted by Crippen LogP contribution is -2.55. The minimum Gasteiger partial charge on any atom is -0.480 e. The van der Waals surface area contributed by atoms with Crippen molar-refractivity contribution in [2.24, 2.45) is 5.92 Å². The summed E-state index contributed by atoms with van der Waals surface area (Å²) in [6.07, 6.45) is 5.84. The van der Waals surface area contributed by atoms with Gasteiger partial charge in [0.15, 0.2) is 5.82 Å². The van der Waals surface area contributed by atoms with E-state index in [0.29, 0.717) is 11.7 Å². The number of aliphatic carboxylic acids is 1. The summed E-state index contributed by atoms with van der Waals surface area (Å²) in [7, 11) is 0. The average molecular weight is 349 g/mol. The van der Waals surface area contributed by atoms with Gasteiger partial charge in [-0.3, -0.25) is 19.7 Å². The Labute approximate surface area is 147 Å². The number of urea groups is 1. The maximum atomic E-state index is 12.1. The van der Waals surface area contributed by atoms with Crippen molar-refractivity contribution in [3.05, 3.63) is 12.3 Å². The van der Waals surface area contributed by atoms with Gasteiger partial charge in [-0.05, 0) is 45.4 Å². The summed E-state index contributed by atoms with van der Waals surface area (Å²) in [4.78, 5) is 25.2. The molecule has 8 nitrogen and oxygen atoms in total. The number of nitrogens with one attached hydrogen (secondary N) is 2. The van der Waals surface area contributed by atoms with Crippen LogP contribution in [0.15, 0.2) is 12.3 Å². The van der Waals surface area contributed by atoms with Gasteiger partial charge in [0.25, 0.3) is 0 Å². The van der Waals surface area contributed by atoms with Crippen molar-refractivity contribution in [1.29, 1.82) is 0 Å². The molecular formula is C17H27N5O3. The number of rotatable bonds is 8. The molecule has 0 aliphatic heterocycles. The lowest BCUT2D eigenvalue weighted by atomic mass is 9.85. The van der Waals surface area contributed by atoms with Crippen LogP contribution >= 0.6 is 0 Å². The molecule has 1 aromatic rings. The third-order valence-electron chi connectivity index (χ3n) is 4.87. The van der Waals surface area contributed by atoms with Crippen LogP contribution in [-0.2, 0) is 4.79 Å². The molecule has 3 N–H and O–H groups in total. The summed E-state index contributed by atoms with van der Waals surface area (Å²) < 4.78 is 1.79. The Morgan fingerprint density at radius 1 is 1.40 bits per heavy atom. The molecule has 0 atom stereocenters. The molecule has 0 bridgehead atoms. The summed E-state index contributed by atoms with van der Waals surface area (Å²) in [5.41, 5.74) is 0. The third kappa shape index (κ3) is 4.94. The molecule has 0 saturated heterocycles. The van der Waals surface area contributed by atoms with E-state index in [2.05, 4.69) is 20.6 Å². The van der Waals surface area contributed by atoms with Crippen molar-refractivity contribution in [3.63, 3.8) is 0 Å². The molecule has 2 saturated carbocycles. The fraction of sp³-hybridized carbons (Fsp3) is 0.706. The standard InChI is InChI=1S/C17H27N5O3/c1-11(2)22-6-5-15(20-22)19-17(25)18-13-7-14(8-13)21(10-16(23)24)9-12-3-4-12/h5-6,11-14H,3-4,7-10H2,1-2H3,(H,23,24)(H2,18,19,20,25). The van der Waals surface area contributed by atoms with Crippen LogP contribution in [0.25, 0.3) is 0 Å². The number of nitrogens with zero attached hydrogens (tertiary/aromatic N) is 3. The Balaban J connectivity index is 1.42. The van der Waals surface area contributed by atoms with Gasteiger partial charge in [0.1, 0.15) is 0 Å². The average Bonchev–Trinajstić information content (AvgIpc) is 3.17. The van der Waals surface area contributed by atoms with Gasteiger partial charge in [-0.2, -0.15) is 5.10 Å². The molecule has 0 aromatic carbocycles. The second kappa shape index (κ2) is 7.43. The number of hydrogen-bond acceptors (Lipinski definition) is 4. The maximum absolute atomic E-state index is 12.1. The van der Waals surface area contributed by atoms with Crippen LogP contribution in [-0.4, -0.2) is 57.0 Å². The van der Waals surface area contributed by atoms with Crippen LogP contribution in [0.4, 0.5) is 10.6 Å². The molecule has 2 aliphatic carbocycles. The fourth-order valence-corrected chi connectivity index (χ4v) is 3.18. The minimum absolute atomic E-state index is 0.0900. The second-order valence-corrected chi connectivity index (χ2v) is 7.46. The van der Waals surface area contributed by atoms with E-state index >= 15 is 0 Å². The molecule has 3 rings (SSSR count). The van der Waals surface area contributed by atoms with E-state index in [1.807, 2.05) is 20.0 Å². The Hall–Kier alpha value is -2.09. The van der Waals surface area contributed by atoms with Gasteiger partial charge in [-0.1, -0.05) is 0 Å². The normalized spacial score (nSPS) is 22.7. The highest BCUT2D eigenvalue weighted by molar-refractivity contribution is 5.88. The highest BCUT2D eigenvalue weighted by atomic mass is 16.4. The van der Waals surface area contributed by atoms with Gasteiger partial charge in [0.05, 0.1) is 6.54 Å². The molecule has 1 heterocycles. The molecule has 1 aromatic heterocycles. The molecule has 138 valence electrons. The predicted molar refractivity (Wildman–Crippen MR) is 93.5 cm³/mol. The van der Waals surface area contributed by atoms with E-state index in [1.54, 1.807) is 10.7 Å². The van der Waals surface area contributed by atoms with Gasteiger partial charge >= 0.3 is 12.0 Å². The summed E-state index contributed by atoms with van der Waals surface area (Å²) in [6.45, 7) is 5.00. The third-order valence-corrected chi connectivity index (χ3v) is 4.87. The van der Waals surface area contributed by atoms with E-state index in [4.69, 9.17) is 5.11 Å². The molecule has 2 fully saturated rings. The number of carboxylic acid groups (broad SMARTS) is 1. The topological polar surface area (TPSA) is 99.5 Å². The number of aromatic nitrogens is 2. The maximum Gasteiger partial charge on any atom is 0.320 e. The summed E-state index contributed by atoms with van der Waals surface area (Å²) in [6, 6.07) is 2.10. The number of hydrogen-bond donors (Lipinski definition) is 3. The van der Waals surface area contributed by atoms with Crippen molar-refractivity contribution >= 4 is 17.8 Å². The lowest BCUT2D eigenvalue weighted by Gasteiger charge is -2.42. The first-order valence-electron chi connectivity index (χ1n) is 8.99. The van der Waals surface area contributed by atoms with Crippen molar-refractivity contribution in [1.82, 2.24) is 20.0 Å². The van der Waals surface area contributed by atoms with Gasteiger partial charge < -0.3 is 10.4 Å². The van der Waals surface area contributed by atoms with Crippen molar-refractivity contribution in [3.8, 4) is 0 Å². The van der Waals surface area contributed by atoms with Crippen molar-refractivity contribution in [2.45, 2.75) is 57.7 Å². The van der Waals surface area contributed by atoms with E-state index in [9.17, 15) is 9.59 Å². The van der Waals surface area contributed by atoms with Crippen molar-refractivity contribution in [2.75, 3.05) is 18.4 Å². The van der Waals surface area contributed by atoms with Crippen LogP contribution in [0.2, 0.25) is 0 Å². The SMILES string of the molecule is CC(C)n1ccc(NC(=O)NC2CC(N(CC(=O)O)CC3CC3)C2)n1. The summed E-state index contributed by atoms with van der Waals surface area (Å²) in [5.74, 6) is 0.407. The second-order valence-electron chi connectivity index (χ2n) is 7.46. The zero-order valence-electron chi connectivity index (χ0n) is 14.8. The predicted octanol–water partition coefficient (Wildman–Crippen LogP) is 1.91. The molecular weight excluding hydrogens is 322 g/mol. The Bertz CT molecular complexity index is 620. The van der Waals surface area contributed by atoms with E-state index in [1.165, 1.54) is 12.8 Å². The monoisotopic (exact) mass is 349 g/mol. The van der Waals surface area contributed by atoms with Gasteiger partial charge in [-0.25, -0.2) is 4.79 Å². The van der Waals surface area contributed by atoms with Crippen LogP contribution in [0.3, 0.4) is 0 Å². The first-order valence-corrected chi connectivity index (χ1v) is 8.99. The number of anilines is 1. The van der Waals surface area contributed by atoms with Gasteiger partial charge in [-0.15, -0.1) is 0 Å². The van der Waals surface area contributed by atoms with Crippen LogP contribution in [0, 0.1) is 5.92 Å². The first kappa shape index (κ1) is 17.7. The highest BCUT2D eigenvalue weighted by Crippen LogP contribution is 2.33. The van der Waals surface area contributed by atoms with Gasteiger partial charge in [0, 0.05) is 36.9 Å². The number of carboxylic acids is 1. The number of carbonyl (C=O) groups excluding carboxylic acids is 1. The molecule has 2 aliphatic rings. The summed E-state index contributed by atoms with van der Waals surface area (Å²) >= 11 is 0. The van der Waals surface area contributed by atoms with Gasteiger partial charge in [0.2, 0.25) is 0 Å². The molecule has 2 amide bonds. The fourth-order valence-electron chi connectivity index (χ4n) is 3.18. The smallest absolute Gasteiger partial charge is 0.320 e. The number of carbonyl (C=O) groups is 2. The lowest BCUT2D eigenvalue weighted by molar-refractivity contribution is -0.139. The largest absolute Gasteiger partial charge is 0.480 e. The Morgan fingerprint density at radius 3 is 2.68 bits per heavy atom. The minimum atomic E-state index is -0.782. The molecule has 0 unspecified atom stereocenters. The summed E-state index contributed by atoms with van der Waals surface area (Å²) in [5, 5.41) is 19.0. The zero-order valence-corrected chi connectivity index (χ0v) is 14.8. The van der Waals surface area contributed by atoms with E-state index in [-0.39, 0.29) is 30.7 Å². The van der Waals surface area contributed by atoms with Crippen molar-refractivity contribution < 1.29 is 14.7 Å².